The molecule has 53 heavy (non-hydrogen) atoms. The number of fused-ring (bicyclic) bond motifs is 4. The molecule has 5 aromatic carbocycles. The number of hydrogen-bond donors (Lipinski definition) is 0. The molecular weight excluding hydrogens is 827 g/mol. The molecule has 9 rings (SSSR count). The Balaban J connectivity index is 0.000000274. The summed E-state index contributed by atoms with van der Waals surface area (Å²) in [4.78, 5) is 12.8. The minimum Gasteiger partial charge on any atom is -0.486 e. The maximum atomic E-state index is 8.44. The van der Waals surface area contributed by atoms with Crippen molar-refractivity contribution in [2.24, 2.45) is 0 Å². The number of benzene rings is 5. The fourth-order valence-electron chi connectivity index (χ4n) is 6.10. The molecule has 0 N–H and O–H groups in total. The number of pyridine rings is 3. The topological polar surface area (TPSA) is 51.8 Å². The molecule has 9 aromatic rings. The Kier molecular flexibility index (Phi) is 6.18. The molecule has 4 nitrogen and oxygen atoms in total. The molecule has 0 aliphatic rings. The molecular formula is C48H37IrN3O-2. The largest absolute Gasteiger partial charge is 0.486 e. The minimum absolute atomic E-state index is 0. The van der Waals surface area contributed by atoms with Gasteiger partial charge in [-0.1, -0.05) is 84.5 Å². The van der Waals surface area contributed by atoms with Gasteiger partial charge in [0.1, 0.15) is 0 Å². The van der Waals surface area contributed by atoms with E-state index in [1.165, 1.54) is 36.7 Å². The average molecular weight is 879 g/mol. The number of nitrogens with zero attached hydrogens (tertiary/aromatic N) is 3. The minimum atomic E-state index is -2.61. The zero-order valence-electron chi connectivity index (χ0n) is 42.8. The smallest absolute Gasteiger partial charge is 0.216 e. The van der Waals surface area contributed by atoms with Crippen LogP contribution < -0.4 is 0 Å². The molecule has 0 bridgehead atoms. The van der Waals surface area contributed by atoms with Crippen LogP contribution in [-0.4, -0.2) is 15.0 Å². The second-order valence-electron chi connectivity index (χ2n) is 12.1. The SMILES string of the molecule is [2H]C([2H])([2H])c1c[c-]c(-c2ccc(C([2H])([2H])[2H])cn2)cc1.[2H]C([2H])([2H])c1ccc2c(n1)oc1c(-c3cc(-c4cc5ccc(-c6ccccc6)cc5cc4C([2H])([2H])[2H])c(C([2H])([2H])[2H])cn3)[c-]ccc12.[Ir]. The van der Waals surface area contributed by atoms with Gasteiger partial charge in [0.2, 0.25) is 5.71 Å². The van der Waals surface area contributed by atoms with Gasteiger partial charge in [-0.25, -0.2) is 4.98 Å². The van der Waals surface area contributed by atoms with Crippen molar-refractivity contribution in [2.75, 3.05) is 0 Å². The van der Waals surface area contributed by atoms with E-state index < -0.39 is 34.3 Å². The summed E-state index contributed by atoms with van der Waals surface area (Å²) in [5.74, 6) is 0. The van der Waals surface area contributed by atoms with Gasteiger partial charge in [0.15, 0.2) is 0 Å². The predicted molar refractivity (Wildman–Crippen MR) is 214 cm³/mol. The van der Waals surface area contributed by atoms with Crippen molar-refractivity contribution in [1.82, 2.24) is 15.0 Å². The van der Waals surface area contributed by atoms with Gasteiger partial charge in [-0.15, -0.1) is 53.6 Å². The first-order valence-corrected chi connectivity index (χ1v) is 16.2. The van der Waals surface area contributed by atoms with Gasteiger partial charge >= 0.3 is 0 Å². The Morgan fingerprint density at radius 3 is 2.23 bits per heavy atom. The van der Waals surface area contributed by atoms with Gasteiger partial charge in [-0.3, -0.25) is 0 Å². The Morgan fingerprint density at radius 1 is 0.604 bits per heavy atom. The molecule has 0 spiro atoms. The van der Waals surface area contributed by atoms with Gasteiger partial charge in [-0.2, -0.15) is 0 Å². The van der Waals surface area contributed by atoms with Crippen molar-refractivity contribution in [3.63, 3.8) is 0 Å². The van der Waals surface area contributed by atoms with E-state index in [-0.39, 0.29) is 64.9 Å². The van der Waals surface area contributed by atoms with Crippen molar-refractivity contribution in [3.8, 4) is 44.8 Å². The van der Waals surface area contributed by atoms with Crippen LogP contribution in [0.4, 0.5) is 0 Å². The number of hydrogen-bond acceptors (Lipinski definition) is 4. The van der Waals surface area contributed by atoms with Gasteiger partial charge in [-0.05, 0) is 113 Å². The third-order valence-corrected chi connectivity index (χ3v) is 8.68. The van der Waals surface area contributed by atoms with Gasteiger partial charge < -0.3 is 14.4 Å². The molecule has 5 heteroatoms. The van der Waals surface area contributed by atoms with Crippen LogP contribution in [0.1, 0.15) is 48.5 Å². The van der Waals surface area contributed by atoms with Crippen LogP contribution in [-0.2, 0) is 20.1 Å². The van der Waals surface area contributed by atoms with Gasteiger partial charge in [0, 0.05) is 64.1 Å². The van der Waals surface area contributed by atoms with Gasteiger partial charge in [0.05, 0.1) is 5.58 Å². The van der Waals surface area contributed by atoms with Crippen LogP contribution in [0.5, 0.6) is 0 Å². The molecule has 4 aromatic heterocycles. The second-order valence-corrected chi connectivity index (χ2v) is 12.1. The summed E-state index contributed by atoms with van der Waals surface area (Å²) < 4.78 is 123. The Hall–Kier alpha value is -5.74. The first-order valence-electron chi connectivity index (χ1n) is 23.7. The number of aromatic nitrogens is 3. The number of rotatable bonds is 4. The van der Waals surface area contributed by atoms with Crippen molar-refractivity contribution >= 4 is 32.8 Å². The number of aryl methyl sites for hydroxylation is 5. The van der Waals surface area contributed by atoms with Crippen LogP contribution in [0.3, 0.4) is 0 Å². The summed E-state index contributed by atoms with van der Waals surface area (Å²) >= 11 is 0. The summed E-state index contributed by atoms with van der Waals surface area (Å²) in [6.07, 6.45) is 2.54. The summed E-state index contributed by atoms with van der Waals surface area (Å²) in [6, 6.07) is 40.4. The molecule has 261 valence electrons. The van der Waals surface area contributed by atoms with Crippen LogP contribution >= 0.6 is 0 Å². The molecule has 0 aliphatic heterocycles. The molecule has 0 atom stereocenters. The Morgan fingerprint density at radius 2 is 1.45 bits per heavy atom. The third-order valence-electron chi connectivity index (χ3n) is 8.68. The van der Waals surface area contributed by atoms with E-state index in [0.29, 0.717) is 44.3 Å². The average Bonchev–Trinajstić information content (AvgIpc) is 3.66. The van der Waals surface area contributed by atoms with E-state index in [9.17, 15) is 0 Å². The molecule has 0 saturated heterocycles. The fraction of sp³-hybridized carbons (Fsp3) is 0.104. The molecule has 1 radical (unpaired) electrons. The van der Waals surface area contributed by atoms with E-state index in [1.54, 1.807) is 48.5 Å². The van der Waals surface area contributed by atoms with E-state index in [0.717, 1.165) is 16.5 Å². The summed E-state index contributed by atoms with van der Waals surface area (Å²) in [5, 5.41) is 2.68. The van der Waals surface area contributed by atoms with E-state index in [1.807, 2.05) is 48.5 Å². The standard InChI is InChI=1S/C35H25N2O.C13H12N.Ir/c1-21-16-27-17-25(24-8-5-4-6-9-24)13-14-26(27)18-31(21)32-19-33(36-20-22(32)2)30-11-7-10-28-29-15-12-23(3)37-35(29)38-34(28)30;1-10-3-6-12(7-4-10)13-8-5-11(2)9-14-13;/h4-10,12-20H,1-3H3;3-6,8-9H,1-2H3;/q2*-1;/i1D3,2D3,3D3;1D3,2D3;. The summed E-state index contributed by atoms with van der Waals surface area (Å²) in [5.41, 5.74) is 4.83. The second kappa shape index (κ2) is 15.1. The van der Waals surface area contributed by atoms with Crippen molar-refractivity contribution < 1.29 is 45.1 Å². The first kappa shape index (κ1) is 21.7. The fourth-order valence-corrected chi connectivity index (χ4v) is 6.10. The monoisotopic (exact) mass is 879 g/mol. The maximum absolute atomic E-state index is 8.44. The quantitative estimate of drug-likeness (QED) is 0.165. The molecule has 0 aliphatic carbocycles. The van der Waals surface area contributed by atoms with E-state index in [4.69, 9.17) is 25.0 Å². The van der Waals surface area contributed by atoms with E-state index in [2.05, 4.69) is 27.1 Å². The number of furan rings is 1. The molecule has 0 unspecified atom stereocenters. The zero-order chi connectivity index (χ0) is 48.3. The van der Waals surface area contributed by atoms with Crippen molar-refractivity contribution in [3.05, 3.63) is 174 Å². The van der Waals surface area contributed by atoms with Crippen LogP contribution in [0.25, 0.3) is 77.6 Å². The van der Waals surface area contributed by atoms with Crippen molar-refractivity contribution in [2.45, 2.75) is 34.3 Å². The van der Waals surface area contributed by atoms with Crippen LogP contribution in [0.15, 0.2) is 138 Å². The van der Waals surface area contributed by atoms with Gasteiger partial charge in [0.25, 0.3) is 0 Å². The first-order chi connectivity index (χ1) is 31.4. The Bertz CT molecular complexity index is 3210. The van der Waals surface area contributed by atoms with E-state index >= 15 is 0 Å². The molecule has 0 fully saturated rings. The van der Waals surface area contributed by atoms with Crippen molar-refractivity contribution in [1.29, 1.82) is 0 Å². The molecule has 0 saturated carbocycles. The summed E-state index contributed by atoms with van der Waals surface area (Å²) in [7, 11) is 0. The van der Waals surface area contributed by atoms with Crippen LogP contribution in [0, 0.1) is 46.4 Å². The summed E-state index contributed by atoms with van der Waals surface area (Å²) in [6.45, 7) is -11.9. The maximum Gasteiger partial charge on any atom is 0.216 e. The van der Waals surface area contributed by atoms with Crippen LogP contribution in [0.2, 0.25) is 0 Å². The predicted octanol–water partition coefficient (Wildman–Crippen LogP) is 12.4. The normalized spacial score (nSPS) is 16.3. The molecule has 4 heterocycles. The third kappa shape index (κ3) is 7.32. The zero-order valence-corrected chi connectivity index (χ0v) is 30.2. The Labute approximate surface area is 345 Å². The molecule has 0 amide bonds.